The number of rotatable bonds is 3. The number of carbonyl (C=O) groups is 1. The van der Waals surface area contributed by atoms with Crippen molar-refractivity contribution >= 4 is 5.97 Å². The van der Waals surface area contributed by atoms with Crippen LogP contribution in [0.25, 0.3) is 11.3 Å². The number of aromatic nitrogens is 4. The Balaban J connectivity index is 2.06. The van der Waals surface area contributed by atoms with Gasteiger partial charge in [0.25, 0.3) is 0 Å². The molecule has 1 aliphatic carbocycles. The Labute approximate surface area is 122 Å². The Hall–Kier alpha value is -2.24. The molecule has 0 bridgehead atoms. The monoisotopic (exact) mass is 286 g/mol. The maximum Gasteiger partial charge on any atom is 0.358 e. The number of aromatic carboxylic acids is 1. The van der Waals surface area contributed by atoms with E-state index in [-0.39, 0.29) is 11.7 Å². The average Bonchev–Trinajstić information content (AvgIpc) is 2.77. The summed E-state index contributed by atoms with van der Waals surface area (Å²) in [6, 6.07) is 3.84. The summed E-state index contributed by atoms with van der Waals surface area (Å²) in [4.78, 5) is 15.4. The Morgan fingerprint density at radius 3 is 2.43 bits per heavy atom. The normalized spacial score (nSPS) is 16.6. The van der Waals surface area contributed by atoms with Crippen molar-refractivity contribution in [1.29, 1.82) is 0 Å². The molecular formula is C15H18N4O2. The van der Waals surface area contributed by atoms with E-state index in [9.17, 15) is 9.90 Å². The maximum atomic E-state index is 11.4. The van der Waals surface area contributed by atoms with Gasteiger partial charge in [0, 0.05) is 18.0 Å². The molecule has 6 nitrogen and oxygen atoms in total. The van der Waals surface area contributed by atoms with E-state index in [1.54, 1.807) is 24.5 Å². The lowest BCUT2D eigenvalue weighted by Gasteiger charge is -2.17. The smallest absolute Gasteiger partial charge is 0.358 e. The van der Waals surface area contributed by atoms with Crippen molar-refractivity contribution in [3.8, 4) is 11.3 Å². The molecule has 2 aromatic rings. The summed E-state index contributed by atoms with van der Waals surface area (Å²) < 4.78 is 1.81. The fraction of sp³-hybridized carbons (Fsp3) is 0.467. The highest BCUT2D eigenvalue weighted by Crippen LogP contribution is 2.32. The van der Waals surface area contributed by atoms with Gasteiger partial charge >= 0.3 is 5.97 Å². The van der Waals surface area contributed by atoms with E-state index in [0.29, 0.717) is 5.69 Å². The number of pyridine rings is 1. The molecule has 0 atom stereocenters. The molecule has 21 heavy (non-hydrogen) atoms. The minimum absolute atomic E-state index is 0.0189. The lowest BCUT2D eigenvalue weighted by atomic mass is 10.1. The first-order valence-corrected chi connectivity index (χ1v) is 7.36. The van der Waals surface area contributed by atoms with Gasteiger partial charge in [0.2, 0.25) is 0 Å². The minimum atomic E-state index is -1.04. The summed E-state index contributed by atoms with van der Waals surface area (Å²) in [7, 11) is 0. The SMILES string of the molecule is O=C(O)c1nnn(C2CCCCCC2)c1-c1ccncc1. The van der Waals surface area contributed by atoms with Crippen molar-refractivity contribution in [2.45, 2.75) is 44.6 Å². The molecule has 1 saturated carbocycles. The van der Waals surface area contributed by atoms with E-state index in [2.05, 4.69) is 15.3 Å². The molecule has 6 heteroatoms. The highest BCUT2D eigenvalue weighted by atomic mass is 16.4. The quantitative estimate of drug-likeness (QED) is 0.877. The zero-order valence-corrected chi connectivity index (χ0v) is 11.8. The second kappa shape index (κ2) is 6.03. The predicted molar refractivity (Wildman–Crippen MR) is 77.0 cm³/mol. The van der Waals surface area contributed by atoms with Crippen molar-refractivity contribution < 1.29 is 9.90 Å². The van der Waals surface area contributed by atoms with Crippen LogP contribution in [0.2, 0.25) is 0 Å². The predicted octanol–water partition coefficient (Wildman–Crippen LogP) is 2.93. The number of hydrogen-bond acceptors (Lipinski definition) is 4. The molecule has 2 aromatic heterocycles. The van der Waals surface area contributed by atoms with E-state index in [1.807, 2.05) is 4.68 Å². The van der Waals surface area contributed by atoms with Crippen LogP contribution in [0.15, 0.2) is 24.5 Å². The largest absolute Gasteiger partial charge is 0.476 e. The number of carboxylic acids is 1. The van der Waals surface area contributed by atoms with E-state index in [0.717, 1.165) is 31.2 Å². The van der Waals surface area contributed by atoms with Gasteiger partial charge in [-0.3, -0.25) is 4.98 Å². The first kappa shape index (κ1) is 13.7. The Bertz CT molecular complexity index is 616. The zero-order chi connectivity index (χ0) is 14.7. The molecule has 1 N–H and O–H groups in total. The van der Waals surface area contributed by atoms with E-state index >= 15 is 0 Å². The van der Waals surface area contributed by atoms with Crippen LogP contribution in [0, 0.1) is 0 Å². The van der Waals surface area contributed by atoms with Crippen LogP contribution in [0.5, 0.6) is 0 Å². The van der Waals surface area contributed by atoms with Gasteiger partial charge in [0.05, 0.1) is 6.04 Å². The number of hydrogen-bond donors (Lipinski definition) is 1. The summed E-state index contributed by atoms with van der Waals surface area (Å²) in [5, 5.41) is 17.4. The summed E-state index contributed by atoms with van der Waals surface area (Å²) in [6.07, 6.45) is 10.2. The molecule has 0 aromatic carbocycles. The Kier molecular flexibility index (Phi) is 3.94. The van der Waals surface area contributed by atoms with E-state index in [1.165, 1.54) is 12.8 Å². The zero-order valence-electron chi connectivity index (χ0n) is 11.8. The summed E-state index contributed by atoms with van der Waals surface area (Å²) in [6.45, 7) is 0. The van der Waals surface area contributed by atoms with Crippen molar-refractivity contribution in [2.75, 3.05) is 0 Å². The third-order valence-electron chi connectivity index (χ3n) is 4.02. The molecular weight excluding hydrogens is 268 g/mol. The molecule has 0 aliphatic heterocycles. The van der Waals surface area contributed by atoms with Gasteiger partial charge in [0.15, 0.2) is 5.69 Å². The third kappa shape index (κ3) is 2.79. The molecule has 0 amide bonds. The summed E-state index contributed by atoms with van der Waals surface area (Å²) in [5.74, 6) is -1.04. The average molecular weight is 286 g/mol. The van der Waals surface area contributed by atoms with Gasteiger partial charge in [-0.25, -0.2) is 9.48 Å². The van der Waals surface area contributed by atoms with Crippen LogP contribution in [0.1, 0.15) is 55.1 Å². The van der Waals surface area contributed by atoms with Gasteiger partial charge in [0.1, 0.15) is 5.69 Å². The molecule has 0 spiro atoms. The molecule has 0 saturated heterocycles. The van der Waals surface area contributed by atoms with E-state index < -0.39 is 5.97 Å². The number of nitrogens with zero attached hydrogens (tertiary/aromatic N) is 4. The van der Waals surface area contributed by atoms with Crippen LogP contribution in [-0.2, 0) is 0 Å². The second-order valence-corrected chi connectivity index (χ2v) is 5.42. The molecule has 0 radical (unpaired) electrons. The van der Waals surface area contributed by atoms with Gasteiger partial charge < -0.3 is 5.11 Å². The highest BCUT2D eigenvalue weighted by molar-refractivity contribution is 5.92. The standard InChI is InChI=1S/C15H18N4O2/c20-15(21)13-14(11-7-9-16-10-8-11)19(18-17-13)12-5-3-1-2-4-6-12/h7-10,12H,1-6H2,(H,20,21). The van der Waals surface area contributed by atoms with Gasteiger partial charge in [-0.2, -0.15) is 0 Å². The topological polar surface area (TPSA) is 80.9 Å². The fourth-order valence-corrected chi connectivity index (χ4v) is 2.97. The first-order chi connectivity index (χ1) is 10.3. The second-order valence-electron chi connectivity index (χ2n) is 5.42. The molecule has 2 heterocycles. The Morgan fingerprint density at radius 2 is 1.81 bits per heavy atom. The fourth-order valence-electron chi connectivity index (χ4n) is 2.97. The Morgan fingerprint density at radius 1 is 1.14 bits per heavy atom. The summed E-state index contributed by atoms with van der Waals surface area (Å²) >= 11 is 0. The molecule has 0 unspecified atom stereocenters. The minimum Gasteiger partial charge on any atom is -0.476 e. The van der Waals surface area contributed by atoms with Crippen LogP contribution in [0.4, 0.5) is 0 Å². The van der Waals surface area contributed by atoms with Crippen LogP contribution in [-0.4, -0.2) is 31.1 Å². The van der Waals surface area contributed by atoms with E-state index in [4.69, 9.17) is 0 Å². The number of carboxylic acid groups (broad SMARTS) is 1. The van der Waals surface area contributed by atoms with Crippen LogP contribution in [0.3, 0.4) is 0 Å². The van der Waals surface area contributed by atoms with Crippen LogP contribution >= 0.6 is 0 Å². The molecule has 110 valence electrons. The summed E-state index contributed by atoms with van der Waals surface area (Å²) in [5.41, 5.74) is 1.42. The lowest BCUT2D eigenvalue weighted by Crippen LogP contribution is -2.12. The first-order valence-electron chi connectivity index (χ1n) is 7.36. The van der Waals surface area contributed by atoms with Crippen LogP contribution < -0.4 is 0 Å². The van der Waals surface area contributed by atoms with Gasteiger partial charge in [-0.15, -0.1) is 5.10 Å². The van der Waals surface area contributed by atoms with Crippen molar-refractivity contribution in [3.63, 3.8) is 0 Å². The van der Waals surface area contributed by atoms with Crippen molar-refractivity contribution in [1.82, 2.24) is 20.0 Å². The maximum absolute atomic E-state index is 11.4. The van der Waals surface area contributed by atoms with Gasteiger partial charge in [-0.1, -0.05) is 30.9 Å². The molecule has 1 fully saturated rings. The van der Waals surface area contributed by atoms with Gasteiger partial charge in [-0.05, 0) is 25.0 Å². The lowest BCUT2D eigenvalue weighted by molar-refractivity contribution is 0.0691. The highest BCUT2D eigenvalue weighted by Gasteiger charge is 2.25. The van der Waals surface area contributed by atoms with Crippen molar-refractivity contribution in [2.24, 2.45) is 0 Å². The molecule has 1 aliphatic rings. The third-order valence-corrected chi connectivity index (χ3v) is 4.02. The van der Waals surface area contributed by atoms with Crippen molar-refractivity contribution in [3.05, 3.63) is 30.2 Å². The molecule has 3 rings (SSSR count).